The summed E-state index contributed by atoms with van der Waals surface area (Å²) in [4.78, 5) is 202. The summed E-state index contributed by atoms with van der Waals surface area (Å²) in [7, 11) is 3.56. The van der Waals surface area contributed by atoms with Gasteiger partial charge < -0.3 is 94.0 Å². The van der Waals surface area contributed by atoms with E-state index in [1.807, 2.05) is 19.1 Å². The number of aromatic amines is 2. The molecule has 13 atom stereocenters. The number of nitrogens with zero attached hydrogens (tertiary/aromatic N) is 3. The zero-order chi connectivity index (χ0) is 72.9. The average molecular weight is 1480 g/mol. The van der Waals surface area contributed by atoms with Crippen LogP contribution in [0.3, 0.4) is 0 Å². The number of H-pyrrole nitrogens is 2. The maximum absolute atomic E-state index is 15.2. The van der Waals surface area contributed by atoms with Crippen molar-refractivity contribution in [2.45, 2.75) is 164 Å². The van der Waals surface area contributed by atoms with Crippen LogP contribution in [0.4, 0.5) is 0 Å². The number of unbranched alkanes of at least 4 members (excludes halogenated alkanes) is 1. The topological polar surface area (TPSA) is 480 Å². The minimum absolute atomic E-state index is 0.0187. The minimum atomic E-state index is -1.81. The third-order valence-corrected chi connectivity index (χ3v) is 22.7. The molecule has 2 aromatic carbocycles. The third-order valence-electron chi connectivity index (χ3n) is 17.9. The molecule has 12 amide bonds. The number of rotatable bonds is 15. The highest BCUT2D eigenvalue weighted by Crippen LogP contribution is 2.30. The van der Waals surface area contributed by atoms with Gasteiger partial charge in [0, 0.05) is 84.4 Å². The monoisotopic (exact) mass is 1480 g/mol. The lowest BCUT2D eigenvalue weighted by Crippen LogP contribution is -2.62. The van der Waals surface area contributed by atoms with E-state index in [-0.39, 0.29) is 75.3 Å². The number of nitrogens with one attached hydrogen (secondary N) is 12. The number of imidazole rings is 1. The van der Waals surface area contributed by atoms with Crippen molar-refractivity contribution in [3.8, 4) is 5.75 Å². The van der Waals surface area contributed by atoms with E-state index in [9.17, 15) is 63.3 Å². The van der Waals surface area contributed by atoms with Gasteiger partial charge in [0.05, 0.1) is 19.5 Å². The highest BCUT2D eigenvalue weighted by molar-refractivity contribution is 8.77. The normalized spacial score (nSPS) is 26.9. The van der Waals surface area contributed by atoms with Crippen LogP contribution in [0, 0.1) is 5.92 Å². The predicted molar refractivity (Wildman–Crippen MR) is 377 cm³/mol. The summed E-state index contributed by atoms with van der Waals surface area (Å²) < 4.78 is 0. The van der Waals surface area contributed by atoms with Gasteiger partial charge in [-0.25, -0.2) is 9.78 Å². The Morgan fingerprint density at radius 1 is 0.624 bits per heavy atom. The van der Waals surface area contributed by atoms with Crippen LogP contribution in [0.1, 0.15) is 89.0 Å². The lowest BCUT2D eigenvalue weighted by Gasteiger charge is -2.33. The quantitative estimate of drug-likeness (QED) is 0.0603. The number of carbonyl (C=O) groups is 13. The van der Waals surface area contributed by atoms with E-state index in [0.29, 0.717) is 53.4 Å². The fourth-order valence-corrected chi connectivity index (χ4v) is 16.7. The molecule has 2 aromatic heterocycles. The Bertz CT molecular complexity index is 3610. The van der Waals surface area contributed by atoms with Gasteiger partial charge in [-0.1, -0.05) is 114 Å². The first-order valence-electron chi connectivity index (χ1n) is 33.5. The number of hydrogen-bond donors (Lipinski definition) is 16. The van der Waals surface area contributed by atoms with Crippen molar-refractivity contribution >= 4 is 131 Å². The number of aliphatic hydroxyl groups is 1. The Hall–Kier alpha value is -8.58. The SMILES string of the molecule is CCCC[C@@H]1NC(=O)[C@H](Cc2c[nH]c3ccccc23)NC(=O)[C@H]([C@H](C)CC)NC(=O)[C@@H]2CSSC[C@H](NC(=O)CN)C(=O)N[C@@H](CSSC[C@@H](C(=O)O)NC(=O)[C@H](Cc3ccc(O)cc3)NC1=O)C(=O)N[C@@H](CO)C(=O)N[C@@H](Cc1cnc[nH]1)C(=O)N1CCC[C@H]1C(=O)N1CCC[C@H]1C(=O)N2. The third kappa shape index (κ3) is 21.5. The lowest BCUT2D eigenvalue weighted by atomic mass is 9.96. The number of fused-ring (bicyclic) bond motifs is 11. The summed E-state index contributed by atoms with van der Waals surface area (Å²) in [6, 6.07) is -4.92. The van der Waals surface area contributed by atoms with Gasteiger partial charge >= 0.3 is 5.97 Å². The molecule has 4 aliphatic rings. The molecule has 0 radical (unpaired) electrons. The van der Waals surface area contributed by atoms with Crippen molar-refractivity contribution in [3.63, 3.8) is 0 Å². The molecular formula is C65H88N16O16S4. The molecule has 17 N–H and O–H groups in total. The van der Waals surface area contributed by atoms with Crippen LogP contribution < -0.4 is 58.9 Å². The van der Waals surface area contributed by atoms with E-state index >= 15 is 14.4 Å². The molecule has 2 bridgehead atoms. The molecule has 548 valence electrons. The number of hydrogen-bond acceptors (Lipinski definition) is 21. The fraction of sp³-hybridized carbons (Fsp3) is 0.538. The van der Waals surface area contributed by atoms with E-state index in [1.54, 1.807) is 32.2 Å². The summed E-state index contributed by atoms with van der Waals surface area (Å²) >= 11 is 0. The molecule has 6 heterocycles. The smallest absolute Gasteiger partial charge is 0.327 e. The van der Waals surface area contributed by atoms with Crippen LogP contribution in [0.15, 0.2) is 67.3 Å². The number of aromatic hydroxyl groups is 1. The molecule has 0 spiro atoms. The molecular weight excluding hydrogens is 1390 g/mol. The highest BCUT2D eigenvalue weighted by atomic mass is 33.1. The van der Waals surface area contributed by atoms with Gasteiger partial charge in [0.1, 0.15) is 78.3 Å². The molecule has 0 saturated carbocycles. The largest absolute Gasteiger partial charge is 0.508 e. The van der Waals surface area contributed by atoms with Gasteiger partial charge in [-0.2, -0.15) is 0 Å². The van der Waals surface area contributed by atoms with Crippen LogP contribution in [-0.2, 0) is 81.6 Å². The van der Waals surface area contributed by atoms with Crippen LogP contribution in [-0.4, -0.2) is 239 Å². The molecule has 36 heteroatoms. The number of carboxylic acid groups (broad SMARTS) is 1. The van der Waals surface area contributed by atoms with Gasteiger partial charge in [-0.05, 0) is 67.3 Å². The van der Waals surface area contributed by atoms with Gasteiger partial charge in [0.2, 0.25) is 70.9 Å². The molecule has 4 aliphatic heterocycles. The van der Waals surface area contributed by atoms with Crippen molar-refractivity contribution < 1.29 is 77.6 Å². The van der Waals surface area contributed by atoms with Crippen molar-refractivity contribution in [2.75, 3.05) is 49.3 Å². The molecule has 4 aromatic rings. The first-order chi connectivity index (χ1) is 48.5. The Kier molecular flexibility index (Phi) is 29.3. The number of aliphatic hydroxyl groups excluding tert-OH is 1. The van der Waals surface area contributed by atoms with Gasteiger partial charge in [0.15, 0.2) is 0 Å². The second-order valence-corrected chi connectivity index (χ2v) is 30.2. The van der Waals surface area contributed by atoms with E-state index in [4.69, 9.17) is 5.73 Å². The number of nitrogens with two attached hydrogens (primary N) is 1. The van der Waals surface area contributed by atoms with Crippen LogP contribution in [0.5, 0.6) is 5.75 Å². The average Bonchev–Trinajstić information content (AvgIpc) is 1.69. The predicted octanol–water partition coefficient (Wildman–Crippen LogP) is -1.48. The highest BCUT2D eigenvalue weighted by Gasteiger charge is 2.46. The van der Waals surface area contributed by atoms with Crippen LogP contribution in [0.2, 0.25) is 0 Å². The fourth-order valence-electron chi connectivity index (χ4n) is 12.0. The van der Waals surface area contributed by atoms with Gasteiger partial charge in [-0.15, -0.1) is 0 Å². The number of aromatic nitrogens is 3. The van der Waals surface area contributed by atoms with E-state index < -0.39 is 180 Å². The Morgan fingerprint density at radius 3 is 1.87 bits per heavy atom. The first-order valence-corrected chi connectivity index (χ1v) is 38.4. The molecule has 0 aliphatic carbocycles. The number of benzene rings is 2. The summed E-state index contributed by atoms with van der Waals surface area (Å²) in [6.07, 6.45) is 5.94. The van der Waals surface area contributed by atoms with Crippen LogP contribution in [0.25, 0.3) is 10.9 Å². The second-order valence-electron chi connectivity index (χ2n) is 25.1. The van der Waals surface area contributed by atoms with Crippen molar-refractivity contribution in [2.24, 2.45) is 11.7 Å². The van der Waals surface area contributed by atoms with Crippen molar-refractivity contribution in [1.29, 1.82) is 0 Å². The molecule has 4 fully saturated rings. The van der Waals surface area contributed by atoms with Gasteiger partial charge in [0.25, 0.3) is 0 Å². The Morgan fingerprint density at radius 2 is 1.21 bits per heavy atom. The van der Waals surface area contributed by atoms with E-state index in [1.165, 1.54) is 46.6 Å². The maximum atomic E-state index is 15.2. The summed E-state index contributed by atoms with van der Waals surface area (Å²) in [5.74, 6) is -14.2. The number of phenols is 1. The van der Waals surface area contributed by atoms with Gasteiger partial charge in [-0.3, -0.25) is 57.5 Å². The van der Waals surface area contributed by atoms with Crippen LogP contribution >= 0.6 is 43.2 Å². The number of carbonyl (C=O) groups excluding carboxylic acids is 12. The standard InChI is InChI=1S/C65H88N16O16S4/c1-4-6-12-41-54(85)72-42(22-35-16-18-38(83)19-17-35)55(86)78-49(65(96)97)32-101-100-30-47-59(90)75-45(28-82)57(88)74-44(24-37-27-67-33-69-37)63(94)81-21-10-15-51(81)64(95)80-20-9-14-50(80)61(92)77-48(31-99-98-29-46(58(89)76-47)70-52(84)25-66)60(91)79-53(34(3)5-2)62(93)73-43(56(87)71-41)23-36-26-68-40-13-8-7-11-39(36)40/h7-8,11,13,16-19,26-27,33-34,41-51,53,68,82-83H,4-6,9-10,12,14-15,20-25,28-32,66H2,1-3H3,(H,67,69)(H,70,84)(H,71,87)(H,72,85)(H,73,93)(H,74,88)(H,75,90)(H,76,89)(H,77,92)(H,78,86)(H,79,91)(H,96,97)/t34-,41+,42+,43+,44+,45+,46+,47+,48+,49+,50+,51+,53+/m1/s1. The number of carboxylic acids is 1. The van der Waals surface area contributed by atoms with E-state index in [0.717, 1.165) is 43.2 Å². The Balaban J connectivity index is 1.22. The first kappa shape index (κ1) is 78.1. The Labute approximate surface area is 597 Å². The zero-order valence-corrected chi connectivity index (χ0v) is 59.3. The molecule has 4 saturated heterocycles. The number of aliphatic carboxylic acids is 1. The minimum Gasteiger partial charge on any atom is -0.508 e. The lowest BCUT2D eigenvalue weighted by molar-refractivity contribution is -0.148. The summed E-state index contributed by atoms with van der Waals surface area (Å²) in [6.45, 7) is 3.76. The van der Waals surface area contributed by atoms with Crippen molar-refractivity contribution in [1.82, 2.24) is 77.9 Å². The number of para-hydroxylation sites is 1. The zero-order valence-electron chi connectivity index (χ0n) is 56.0. The molecule has 8 rings (SSSR count). The van der Waals surface area contributed by atoms with E-state index in [2.05, 4.69) is 68.1 Å². The summed E-state index contributed by atoms with van der Waals surface area (Å²) in [5.41, 5.74) is 7.79. The molecule has 0 unspecified atom stereocenters. The van der Waals surface area contributed by atoms with Crippen molar-refractivity contribution in [3.05, 3.63) is 84.1 Å². The number of amides is 12. The summed E-state index contributed by atoms with van der Waals surface area (Å²) in [5, 5.41) is 58.9. The number of phenolic OH excluding ortho intramolecular Hbond substituents is 1. The maximum Gasteiger partial charge on any atom is 0.327 e. The molecule has 101 heavy (non-hydrogen) atoms. The molecule has 32 nitrogen and oxygen atoms in total. The second kappa shape index (κ2) is 37.9.